The molecule has 0 bridgehead atoms. The van der Waals surface area contributed by atoms with E-state index in [1.807, 2.05) is 18.2 Å². The molecule has 2 aromatic rings. The van der Waals surface area contributed by atoms with Gasteiger partial charge in [0, 0.05) is 28.9 Å². The van der Waals surface area contributed by atoms with Crippen LogP contribution in [0.5, 0.6) is 0 Å². The van der Waals surface area contributed by atoms with Crippen molar-refractivity contribution in [2.45, 2.75) is 58.3 Å². The molecule has 0 amide bonds. The molecule has 3 heteroatoms. The molecule has 0 atom stereocenters. The number of allylic oxidation sites excluding steroid dienone is 3. The Morgan fingerprint density at radius 2 is 1.39 bits per heavy atom. The minimum Gasteiger partial charge on any atom is -0.495 e. The number of hydrogen-bond acceptors (Lipinski definition) is 3. The molecule has 0 spiro atoms. The monoisotopic (exact) mass is 417 g/mol. The standard InChI is InChI=1S/C28H35NO2/c1-3-4-5-6-7-8-9-14-21-29-26-19-12-10-16-23(26)24(18-15-22-30)28(31-2)25-17-11-13-20-27(25)29/h10-13,15-20,22H,3-9,14,21H2,1-2H3/b18-15+. The lowest BCUT2D eigenvalue weighted by molar-refractivity contribution is -0.104. The third kappa shape index (κ3) is 5.66. The smallest absolute Gasteiger partial charge is 0.142 e. The third-order valence-corrected chi connectivity index (χ3v) is 5.95. The Bertz CT molecular complexity index is 913. The summed E-state index contributed by atoms with van der Waals surface area (Å²) < 4.78 is 5.89. The summed E-state index contributed by atoms with van der Waals surface area (Å²) in [7, 11) is 1.71. The van der Waals surface area contributed by atoms with Crippen LogP contribution in [0, 0.1) is 0 Å². The van der Waals surface area contributed by atoms with E-state index in [1.165, 1.54) is 44.9 Å². The first-order chi connectivity index (χ1) is 15.3. The Kier molecular flexibility index (Phi) is 8.96. The van der Waals surface area contributed by atoms with Gasteiger partial charge in [0.15, 0.2) is 0 Å². The van der Waals surface area contributed by atoms with E-state index in [0.29, 0.717) is 0 Å². The van der Waals surface area contributed by atoms with Gasteiger partial charge in [0.2, 0.25) is 0 Å². The molecular weight excluding hydrogens is 382 g/mol. The molecule has 0 aromatic heterocycles. The van der Waals surface area contributed by atoms with Crippen molar-refractivity contribution in [3.8, 4) is 0 Å². The van der Waals surface area contributed by atoms with Gasteiger partial charge < -0.3 is 9.64 Å². The van der Waals surface area contributed by atoms with Gasteiger partial charge in [0.1, 0.15) is 12.0 Å². The van der Waals surface area contributed by atoms with E-state index in [4.69, 9.17) is 4.74 Å². The number of carbonyl (C=O) groups excluding carboxylic acids is 1. The van der Waals surface area contributed by atoms with Crippen molar-refractivity contribution >= 4 is 29.0 Å². The molecule has 0 N–H and O–H groups in total. The highest BCUT2D eigenvalue weighted by Gasteiger charge is 2.25. The predicted molar refractivity (Wildman–Crippen MR) is 132 cm³/mol. The molecule has 0 aliphatic carbocycles. The van der Waals surface area contributed by atoms with Crippen molar-refractivity contribution in [3.63, 3.8) is 0 Å². The summed E-state index contributed by atoms with van der Waals surface area (Å²) in [4.78, 5) is 13.5. The maximum absolute atomic E-state index is 11.1. The largest absolute Gasteiger partial charge is 0.495 e. The van der Waals surface area contributed by atoms with Gasteiger partial charge in [0.05, 0.1) is 12.8 Å². The van der Waals surface area contributed by atoms with Gasteiger partial charge in [-0.15, -0.1) is 0 Å². The summed E-state index contributed by atoms with van der Waals surface area (Å²) in [5.41, 5.74) is 5.41. The van der Waals surface area contributed by atoms with Crippen LogP contribution in [0.15, 0.2) is 60.7 Å². The molecule has 0 fully saturated rings. The molecule has 0 saturated heterocycles. The normalized spacial score (nSPS) is 13.2. The fourth-order valence-corrected chi connectivity index (χ4v) is 4.40. The summed E-state index contributed by atoms with van der Waals surface area (Å²) in [6.45, 7) is 3.23. The molecule has 31 heavy (non-hydrogen) atoms. The first kappa shape index (κ1) is 22.9. The van der Waals surface area contributed by atoms with Gasteiger partial charge in [-0.1, -0.05) is 82.2 Å². The fourth-order valence-electron chi connectivity index (χ4n) is 4.40. The van der Waals surface area contributed by atoms with Crippen LogP contribution < -0.4 is 4.90 Å². The van der Waals surface area contributed by atoms with Crippen LogP contribution in [0.2, 0.25) is 0 Å². The lowest BCUT2D eigenvalue weighted by atomic mass is 10.00. The molecule has 164 valence electrons. The number of hydrogen-bond donors (Lipinski definition) is 0. The van der Waals surface area contributed by atoms with Gasteiger partial charge in [-0.05, 0) is 36.8 Å². The summed E-state index contributed by atoms with van der Waals surface area (Å²) in [6, 6.07) is 16.8. The number of ether oxygens (including phenoxy) is 1. The number of benzene rings is 2. The lowest BCUT2D eigenvalue weighted by Gasteiger charge is -2.27. The topological polar surface area (TPSA) is 29.5 Å². The molecule has 3 rings (SSSR count). The van der Waals surface area contributed by atoms with Gasteiger partial charge in [-0.2, -0.15) is 0 Å². The maximum atomic E-state index is 11.1. The summed E-state index contributed by atoms with van der Waals surface area (Å²) in [6.07, 6.45) is 14.6. The minimum absolute atomic E-state index is 0.805. The molecular formula is C28H35NO2. The SMILES string of the molecule is CCCCCCCCCCN1c2ccccc2C(/C=C/C=O)=C(OC)c2ccccc21. The average Bonchev–Trinajstić information content (AvgIpc) is 2.92. The van der Waals surface area contributed by atoms with E-state index in [2.05, 4.69) is 48.2 Å². The molecule has 2 aromatic carbocycles. The van der Waals surface area contributed by atoms with E-state index in [1.54, 1.807) is 13.2 Å². The first-order valence-electron chi connectivity index (χ1n) is 11.7. The van der Waals surface area contributed by atoms with Crippen LogP contribution in [-0.2, 0) is 9.53 Å². The number of fused-ring (bicyclic) bond motifs is 2. The molecule has 0 saturated carbocycles. The van der Waals surface area contributed by atoms with Gasteiger partial charge in [-0.25, -0.2) is 0 Å². The zero-order valence-corrected chi connectivity index (χ0v) is 19.0. The van der Waals surface area contributed by atoms with Crippen molar-refractivity contribution in [1.29, 1.82) is 0 Å². The van der Waals surface area contributed by atoms with Crippen molar-refractivity contribution in [2.24, 2.45) is 0 Å². The molecule has 1 aliphatic rings. The van der Waals surface area contributed by atoms with Crippen LogP contribution in [-0.4, -0.2) is 19.9 Å². The fraction of sp³-hybridized carbons (Fsp3) is 0.393. The van der Waals surface area contributed by atoms with E-state index in [9.17, 15) is 4.79 Å². The highest BCUT2D eigenvalue weighted by Crippen LogP contribution is 2.44. The highest BCUT2D eigenvalue weighted by atomic mass is 16.5. The lowest BCUT2D eigenvalue weighted by Crippen LogP contribution is -2.20. The molecule has 0 radical (unpaired) electrons. The second-order valence-electron chi connectivity index (χ2n) is 8.10. The van der Waals surface area contributed by atoms with Gasteiger partial charge in [-0.3, -0.25) is 4.79 Å². The predicted octanol–water partition coefficient (Wildman–Crippen LogP) is 7.55. The van der Waals surface area contributed by atoms with E-state index >= 15 is 0 Å². The number of nitrogens with zero attached hydrogens (tertiary/aromatic N) is 1. The Labute approximate surface area is 187 Å². The maximum Gasteiger partial charge on any atom is 0.142 e. The van der Waals surface area contributed by atoms with E-state index in [0.717, 1.165) is 53.1 Å². The number of anilines is 2. The summed E-state index contributed by atoms with van der Waals surface area (Å²) in [5.74, 6) is 0.805. The Balaban J connectivity index is 1.87. The zero-order chi connectivity index (χ0) is 21.9. The minimum atomic E-state index is 0.805. The Hall–Kier alpha value is -2.81. The van der Waals surface area contributed by atoms with Crippen LogP contribution in [0.25, 0.3) is 11.3 Å². The number of para-hydroxylation sites is 2. The number of rotatable bonds is 12. The van der Waals surface area contributed by atoms with Crippen molar-refractivity contribution < 1.29 is 9.53 Å². The highest BCUT2D eigenvalue weighted by molar-refractivity contribution is 6.03. The number of carbonyl (C=O) groups is 1. The summed E-state index contributed by atoms with van der Waals surface area (Å²) in [5, 5.41) is 0. The van der Waals surface area contributed by atoms with Crippen LogP contribution in [0.4, 0.5) is 11.4 Å². The molecule has 1 heterocycles. The second kappa shape index (κ2) is 12.1. The summed E-state index contributed by atoms with van der Waals surface area (Å²) >= 11 is 0. The molecule has 3 nitrogen and oxygen atoms in total. The van der Waals surface area contributed by atoms with Crippen molar-refractivity contribution in [2.75, 3.05) is 18.6 Å². The van der Waals surface area contributed by atoms with E-state index < -0.39 is 0 Å². The van der Waals surface area contributed by atoms with Crippen LogP contribution in [0.3, 0.4) is 0 Å². The zero-order valence-electron chi connectivity index (χ0n) is 19.0. The quantitative estimate of drug-likeness (QED) is 0.203. The third-order valence-electron chi connectivity index (χ3n) is 5.95. The number of methoxy groups -OCH3 is 1. The van der Waals surface area contributed by atoms with Crippen molar-refractivity contribution in [1.82, 2.24) is 0 Å². The molecule has 0 unspecified atom stereocenters. The molecule has 1 aliphatic heterocycles. The number of unbranched alkanes of at least 4 members (excludes halogenated alkanes) is 7. The number of aldehydes is 1. The van der Waals surface area contributed by atoms with E-state index in [-0.39, 0.29) is 0 Å². The first-order valence-corrected chi connectivity index (χ1v) is 11.7. The van der Waals surface area contributed by atoms with Crippen LogP contribution >= 0.6 is 0 Å². The van der Waals surface area contributed by atoms with Crippen molar-refractivity contribution in [3.05, 3.63) is 71.8 Å². The Morgan fingerprint density at radius 1 is 0.806 bits per heavy atom. The second-order valence-corrected chi connectivity index (χ2v) is 8.10. The van der Waals surface area contributed by atoms with Gasteiger partial charge >= 0.3 is 0 Å². The van der Waals surface area contributed by atoms with Gasteiger partial charge in [0.25, 0.3) is 0 Å². The Morgan fingerprint density at radius 3 is 2.03 bits per heavy atom. The van der Waals surface area contributed by atoms with Crippen LogP contribution in [0.1, 0.15) is 69.4 Å². The average molecular weight is 418 g/mol.